The van der Waals surface area contributed by atoms with E-state index in [4.69, 9.17) is 9.82 Å². The van der Waals surface area contributed by atoms with Gasteiger partial charge < -0.3 is 9.40 Å². The van der Waals surface area contributed by atoms with E-state index in [1.807, 2.05) is 0 Å². The molecular formula is C24H28FN5O2. The van der Waals surface area contributed by atoms with E-state index in [0.29, 0.717) is 17.3 Å². The molecule has 0 saturated heterocycles. The Labute approximate surface area is 186 Å². The van der Waals surface area contributed by atoms with Gasteiger partial charge in [0.15, 0.2) is 5.71 Å². The highest BCUT2D eigenvalue weighted by Gasteiger charge is 2.36. The lowest BCUT2D eigenvalue weighted by molar-refractivity contribution is -0.112. The van der Waals surface area contributed by atoms with Gasteiger partial charge >= 0.3 is 0 Å². The number of halogens is 1. The van der Waals surface area contributed by atoms with Crippen LogP contribution in [0.5, 0.6) is 0 Å². The summed E-state index contributed by atoms with van der Waals surface area (Å²) in [5, 5.41) is 3.89. The molecule has 7 nitrogen and oxygen atoms in total. The van der Waals surface area contributed by atoms with E-state index in [0.717, 1.165) is 36.2 Å². The molecule has 1 aromatic carbocycles. The maximum Gasteiger partial charge on any atom is 0.282 e. The van der Waals surface area contributed by atoms with Gasteiger partial charge in [0.25, 0.3) is 5.91 Å². The number of alkyl halides is 1. The van der Waals surface area contributed by atoms with Gasteiger partial charge in [-0.2, -0.15) is 0 Å². The number of hydrogen-bond acceptors (Lipinski definition) is 5. The molecule has 0 radical (unpaired) electrons. The Hall–Kier alpha value is -3.29. The Balaban J connectivity index is 1.72. The van der Waals surface area contributed by atoms with Crippen LogP contribution in [0.2, 0.25) is 0 Å². The van der Waals surface area contributed by atoms with Crippen molar-refractivity contribution >= 4 is 28.5 Å². The van der Waals surface area contributed by atoms with Crippen LogP contribution >= 0.6 is 0 Å². The second kappa shape index (κ2) is 9.46. The minimum atomic E-state index is -0.672. The van der Waals surface area contributed by atoms with Crippen molar-refractivity contribution in [2.75, 3.05) is 18.2 Å². The fourth-order valence-corrected chi connectivity index (χ4v) is 3.86. The molecule has 3 heterocycles. The molecule has 0 saturated carbocycles. The van der Waals surface area contributed by atoms with Crippen LogP contribution in [-0.4, -0.2) is 39.4 Å². The number of amides is 1. The van der Waals surface area contributed by atoms with Crippen LogP contribution in [-0.2, 0) is 29.1 Å². The lowest BCUT2D eigenvalue weighted by Crippen LogP contribution is -2.31. The molecule has 4 rings (SSSR count). The average molecular weight is 438 g/mol. The maximum absolute atomic E-state index is 13.2. The van der Waals surface area contributed by atoms with Gasteiger partial charge in [0, 0.05) is 12.7 Å². The summed E-state index contributed by atoms with van der Waals surface area (Å²) in [6, 6.07) is 9.86. The zero-order valence-corrected chi connectivity index (χ0v) is 18.7. The normalized spacial score (nSPS) is 14.7. The minimum Gasteiger partial charge on any atom is -0.392 e. The largest absolute Gasteiger partial charge is 0.392 e. The number of carbonyl (C=O) groups excluding carboxylic acids is 1. The number of rotatable bonds is 9. The van der Waals surface area contributed by atoms with Crippen molar-refractivity contribution in [3.8, 4) is 0 Å². The summed E-state index contributed by atoms with van der Waals surface area (Å²) in [4.78, 5) is 29.0. The van der Waals surface area contributed by atoms with Crippen LogP contribution in [0.1, 0.15) is 44.1 Å². The van der Waals surface area contributed by atoms with E-state index in [1.165, 1.54) is 5.56 Å². The van der Waals surface area contributed by atoms with Crippen LogP contribution in [0.4, 0.5) is 10.2 Å². The molecule has 0 unspecified atom stereocenters. The van der Waals surface area contributed by atoms with Crippen LogP contribution in [0.15, 0.2) is 41.7 Å². The second-order valence-corrected chi connectivity index (χ2v) is 8.27. The second-order valence-electron chi connectivity index (χ2n) is 8.27. The third-order valence-corrected chi connectivity index (χ3v) is 5.60. The summed E-state index contributed by atoms with van der Waals surface area (Å²) in [7, 11) is 0. The molecule has 0 spiro atoms. The number of carbonyl (C=O) groups is 1. The predicted octanol–water partition coefficient (Wildman–Crippen LogP) is 4.28. The Kier molecular flexibility index (Phi) is 6.48. The van der Waals surface area contributed by atoms with E-state index in [9.17, 15) is 9.18 Å². The van der Waals surface area contributed by atoms with Gasteiger partial charge in [0.05, 0.1) is 23.1 Å². The number of pyridine rings is 1. The maximum atomic E-state index is 13.2. The number of anilines is 1. The Morgan fingerprint density at radius 2 is 2.09 bits per heavy atom. The topological polar surface area (TPSA) is 72.6 Å². The van der Waals surface area contributed by atoms with Crippen molar-refractivity contribution < 1.29 is 14.0 Å². The first kappa shape index (κ1) is 21.9. The highest BCUT2D eigenvalue weighted by atomic mass is 19.1. The van der Waals surface area contributed by atoms with E-state index >= 15 is 0 Å². The fraction of sp³-hybridized carbons (Fsp3) is 0.417. The SMILES string of the molecule is CCc1ccc2c(c1)nc(CN1C(=O)/C(=N/OCCF)c3cccnc31)n2CCC(C)C. The summed E-state index contributed by atoms with van der Waals surface area (Å²) in [5.41, 5.74) is 3.93. The first-order valence-corrected chi connectivity index (χ1v) is 11.0. The number of aryl methyl sites for hydroxylation is 2. The Morgan fingerprint density at radius 1 is 1.25 bits per heavy atom. The zero-order chi connectivity index (χ0) is 22.7. The van der Waals surface area contributed by atoms with Gasteiger partial charge in [-0.3, -0.25) is 9.69 Å². The number of fused-ring (bicyclic) bond motifs is 2. The van der Waals surface area contributed by atoms with E-state index < -0.39 is 6.67 Å². The molecule has 0 fully saturated rings. The third kappa shape index (κ3) is 4.22. The summed E-state index contributed by atoms with van der Waals surface area (Å²) in [5.74, 6) is 1.52. The van der Waals surface area contributed by atoms with Crippen LogP contribution < -0.4 is 4.90 Å². The first-order valence-electron chi connectivity index (χ1n) is 11.0. The van der Waals surface area contributed by atoms with Crippen molar-refractivity contribution in [2.24, 2.45) is 11.1 Å². The highest BCUT2D eigenvalue weighted by Crippen LogP contribution is 2.29. The Morgan fingerprint density at radius 3 is 2.84 bits per heavy atom. The lowest BCUT2D eigenvalue weighted by Gasteiger charge is -2.17. The number of hydrogen-bond donors (Lipinski definition) is 0. The first-order chi connectivity index (χ1) is 15.5. The van der Waals surface area contributed by atoms with Crippen molar-refractivity contribution in [3.63, 3.8) is 0 Å². The molecule has 1 amide bonds. The van der Waals surface area contributed by atoms with Crippen molar-refractivity contribution in [3.05, 3.63) is 53.5 Å². The summed E-state index contributed by atoms with van der Waals surface area (Å²) < 4.78 is 14.6. The molecule has 32 heavy (non-hydrogen) atoms. The van der Waals surface area contributed by atoms with Crippen LogP contribution in [0.25, 0.3) is 11.0 Å². The van der Waals surface area contributed by atoms with Crippen molar-refractivity contribution in [1.82, 2.24) is 14.5 Å². The zero-order valence-electron chi connectivity index (χ0n) is 18.7. The van der Waals surface area contributed by atoms with E-state index in [-0.39, 0.29) is 24.8 Å². The third-order valence-electron chi connectivity index (χ3n) is 5.60. The number of oxime groups is 1. The number of aromatic nitrogens is 3. The van der Waals surface area contributed by atoms with Crippen molar-refractivity contribution in [2.45, 2.75) is 46.7 Å². The molecule has 1 aliphatic rings. The average Bonchev–Trinajstić information content (AvgIpc) is 3.27. The minimum absolute atomic E-state index is 0.139. The van der Waals surface area contributed by atoms with Gasteiger partial charge in [0.2, 0.25) is 0 Å². The molecule has 1 aliphatic heterocycles. The highest BCUT2D eigenvalue weighted by molar-refractivity contribution is 6.53. The molecule has 0 bridgehead atoms. The number of nitrogens with zero attached hydrogens (tertiary/aromatic N) is 5. The number of benzene rings is 1. The predicted molar refractivity (Wildman–Crippen MR) is 122 cm³/mol. The van der Waals surface area contributed by atoms with Crippen LogP contribution in [0.3, 0.4) is 0 Å². The molecule has 0 N–H and O–H groups in total. The standard InChI is InChI=1S/C24H28FN5O2/c1-4-17-7-8-20-19(14-17)27-21(29(20)12-9-16(2)3)15-30-23-18(6-5-11-26-23)22(24(30)31)28-32-13-10-25/h5-8,11,14,16H,4,9-10,12-13,15H2,1-3H3/b28-22+. The van der Waals surface area contributed by atoms with Crippen molar-refractivity contribution in [1.29, 1.82) is 0 Å². The quantitative estimate of drug-likeness (QED) is 0.370. The molecule has 0 atom stereocenters. The molecular weight excluding hydrogens is 409 g/mol. The smallest absolute Gasteiger partial charge is 0.282 e. The van der Waals surface area contributed by atoms with Crippen LogP contribution in [0, 0.1) is 5.92 Å². The molecule has 2 aromatic heterocycles. The molecule has 8 heteroatoms. The Bertz CT molecular complexity index is 1150. The summed E-state index contributed by atoms with van der Waals surface area (Å²) >= 11 is 0. The molecule has 168 valence electrons. The fourth-order valence-electron chi connectivity index (χ4n) is 3.86. The lowest BCUT2D eigenvalue weighted by atomic mass is 10.1. The molecule has 0 aliphatic carbocycles. The summed E-state index contributed by atoms with van der Waals surface area (Å²) in [6.45, 7) is 6.71. The van der Waals surface area contributed by atoms with Gasteiger partial charge in [-0.1, -0.05) is 32.0 Å². The van der Waals surface area contributed by atoms with E-state index in [1.54, 1.807) is 23.2 Å². The number of imidazole rings is 1. The van der Waals surface area contributed by atoms with Gasteiger partial charge in [0.1, 0.15) is 24.9 Å². The van der Waals surface area contributed by atoms with Gasteiger partial charge in [-0.15, -0.1) is 0 Å². The van der Waals surface area contributed by atoms with Gasteiger partial charge in [-0.05, 0) is 48.6 Å². The monoisotopic (exact) mass is 437 g/mol. The van der Waals surface area contributed by atoms with Gasteiger partial charge in [-0.25, -0.2) is 14.4 Å². The van der Waals surface area contributed by atoms with E-state index in [2.05, 4.69) is 53.7 Å². The summed E-state index contributed by atoms with van der Waals surface area (Å²) in [6.07, 6.45) is 3.57. The molecule has 3 aromatic rings.